The number of rotatable bonds is 5. The summed E-state index contributed by atoms with van der Waals surface area (Å²) in [6, 6.07) is 9.78. The molecule has 8 heteroatoms. The van der Waals surface area contributed by atoms with Crippen LogP contribution in [0.5, 0.6) is 0 Å². The average molecular weight is 332 g/mol. The van der Waals surface area contributed by atoms with Crippen LogP contribution >= 0.6 is 0 Å². The highest BCUT2D eigenvalue weighted by Gasteiger charge is 2.25. The van der Waals surface area contributed by atoms with E-state index in [9.17, 15) is 0 Å². The molecule has 4 N–H and O–H groups in total. The molecule has 0 saturated heterocycles. The molecule has 1 saturated carbocycles. The molecular formula is C17H16N8. The summed E-state index contributed by atoms with van der Waals surface area (Å²) in [4.78, 5) is 8.76. The molecule has 25 heavy (non-hydrogen) atoms. The summed E-state index contributed by atoms with van der Waals surface area (Å²) < 4.78 is 0. The van der Waals surface area contributed by atoms with Crippen molar-refractivity contribution in [2.45, 2.75) is 18.8 Å². The molecule has 1 fully saturated rings. The van der Waals surface area contributed by atoms with Crippen LogP contribution in [0.1, 0.15) is 24.5 Å². The Hall–Kier alpha value is -3.42. The summed E-state index contributed by atoms with van der Waals surface area (Å²) in [5.41, 5.74) is 3.08. The number of hydrogen-bond acceptors (Lipinski definition) is 6. The van der Waals surface area contributed by atoms with Crippen molar-refractivity contribution >= 4 is 34.2 Å². The molecule has 124 valence electrons. The lowest BCUT2D eigenvalue weighted by Crippen LogP contribution is -2.00. The Balaban J connectivity index is 1.34. The van der Waals surface area contributed by atoms with Gasteiger partial charge in [0.2, 0.25) is 5.95 Å². The molecule has 4 aromatic rings. The predicted octanol–water partition coefficient (Wildman–Crippen LogP) is 3.44. The predicted molar refractivity (Wildman–Crippen MR) is 95.3 cm³/mol. The molecule has 1 aromatic carbocycles. The summed E-state index contributed by atoms with van der Waals surface area (Å²) in [5, 5.41) is 21.8. The average Bonchev–Trinajstić information content (AvgIpc) is 3.18. The van der Waals surface area contributed by atoms with Gasteiger partial charge in [-0.2, -0.15) is 15.2 Å². The molecule has 0 unspecified atom stereocenters. The molecule has 0 spiro atoms. The molecule has 0 bridgehead atoms. The third-order valence-electron chi connectivity index (χ3n) is 4.22. The zero-order valence-corrected chi connectivity index (χ0v) is 13.3. The Kier molecular flexibility index (Phi) is 3.12. The second-order valence-corrected chi connectivity index (χ2v) is 6.17. The van der Waals surface area contributed by atoms with Crippen LogP contribution in [-0.4, -0.2) is 30.4 Å². The van der Waals surface area contributed by atoms with Gasteiger partial charge in [-0.1, -0.05) is 0 Å². The van der Waals surface area contributed by atoms with Gasteiger partial charge < -0.3 is 10.6 Å². The molecule has 1 aliphatic carbocycles. The molecular weight excluding hydrogens is 316 g/mol. The van der Waals surface area contributed by atoms with Gasteiger partial charge in [-0.05, 0) is 37.1 Å². The van der Waals surface area contributed by atoms with Crippen LogP contribution in [0.3, 0.4) is 0 Å². The summed E-state index contributed by atoms with van der Waals surface area (Å²) in [6.07, 6.45) is 5.98. The minimum atomic E-state index is 0.519. The largest absolute Gasteiger partial charge is 0.324 e. The second kappa shape index (κ2) is 5.59. The van der Waals surface area contributed by atoms with Gasteiger partial charge in [0.1, 0.15) is 5.82 Å². The van der Waals surface area contributed by atoms with Crippen LogP contribution in [0, 0.1) is 0 Å². The highest BCUT2D eigenvalue weighted by Crippen LogP contribution is 2.39. The Labute approximate surface area is 143 Å². The third kappa shape index (κ3) is 2.89. The van der Waals surface area contributed by atoms with E-state index < -0.39 is 0 Å². The van der Waals surface area contributed by atoms with Crippen molar-refractivity contribution in [1.29, 1.82) is 0 Å². The van der Waals surface area contributed by atoms with Gasteiger partial charge in [-0.25, -0.2) is 4.98 Å². The molecule has 0 radical (unpaired) electrons. The fourth-order valence-corrected chi connectivity index (χ4v) is 2.77. The quantitative estimate of drug-likeness (QED) is 0.446. The first-order valence-electron chi connectivity index (χ1n) is 8.19. The monoisotopic (exact) mass is 332 g/mol. The van der Waals surface area contributed by atoms with Gasteiger partial charge in [0.15, 0.2) is 5.82 Å². The second-order valence-electron chi connectivity index (χ2n) is 6.17. The first kappa shape index (κ1) is 14.0. The van der Waals surface area contributed by atoms with Crippen LogP contribution in [0.4, 0.5) is 23.3 Å². The van der Waals surface area contributed by atoms with E-state index in [4.69, 9.17) is 0 Å². The lowest BCUT2D eigenvalue weighted by molar-refractivity contribution is 0.966. The minimum absolute atomic E-state index is 0.519. The molecule has 1 aliphatic rings. The maximum atomic E-state index is 4.49. The molecule has 3 aromatic heterocycles. The van der Waals surface area contributed by atoms with Crippen molar-refractivity contribution in [1.82, 2.24) is 30.4 Å². The normalized spacial score (nSPS) is 13.9. The number of nitrogens with zero attached hydrogens (tertiary/aromatic N) is 4. The summed E-state index contributed by atoms with van der Waals surface area (Å²) in [5.74, 6) is 2.62. The Morgan fingerprint density at radius 2 is 1.96 bits per heavy atom. The lowest BCUT2D eigenvalue weighted by atomic mass is 10.2. The van der Waals surface area contributed by atoms with Crippen LogP contribution in [0.2, 0.25) is 0 Å². The van der Waals surface area contributed by atoms with Crippen LogP contribution in [0.15, 0.2) is 42.7 Å². The smallest absolute Gasteiger partial charge is 0.229 e. The fraction of sp³-hybridized carbons (Fsp3) is 0.176. The Morgan fingerprint density at radius 3 is 2.88 bits per heavy atom. The topological polar surface area (TPSA) is 107 Å². The Bertz CT molecular complexity index is 1030. The van der Waals surface area contributed by atoms with Gasteiger partial charge >= 0.3 is 0 Å². The highest BCUT2D eigenvalue weighted by molar-refractivity contribution is 5.82. The van der Waals surface area contributed by atoms with E-state index >= 15 is 0 Å². The van der Waals surface area contributed by atoms with E-state index in [1.54, 1.807) is 12.4 Å². The first-order chi connectivity index (χ1) is 12.3. The van der Waals surface area contributed by atoms with Gasteiger partial charge in [0.25, 0.3) is 0 Å². The zero-order valence-electron chi connectivity index (χ0n) is 13.3. The fourth-order valence-electron chi connectivity index (χ4n) is 2.77. The number of nitrogens with one attached hydrogen (secondary N) is 4. The molecule has 0 amide bonds. The molecule has 0 atom stereocenters. The van der Waals surface area contributed by atoms with E-state index in [1.807, 2.05) is 30.3 Å². The van der Waals surface area contributed by atoms with E-state index in [2.05, 4.69) is 41.0 Å². The number of fused-ring (bicyclic) bond motifs is 1. The third-order valence-corrected chi connectivity index (χ3v) is 4.22. The van der Waals surface area contributed by atoms with Gasteiger partial charge in [-0.15, -0.1) is 0 Å². The number of aromatic amines is 2. The minimum Gasteiger partial charge on any atom is -0.324 e. The molecule has 8 nitrogen and oxygen atoms in total. The SMILES string of the molecule is c1cc(Nc2cc(C3CC3)[nH]n2)nc(Nc2ccc3[nH]ncc3c2)n1. The van der Waals surface area contributed by atoms with E-state index in [0.717, 1.165) is 22.4 Å². The van der Waals surface area contributed by atoms with Crippen molar-refractivity contribution in [3.8, 4) is 0 Å². The Morgan fingerprint density at radius 1 is 1.00 bits per heavy atom. The molecule has 3 heterocycles. The van der Waals surface area contributed by atoms with Crippen molar-refractivity contribution in [3.63, 3.8) is 0 Å². The van der Waals surface area contributed by atoms with Crippen LogP contribution < -0.4 is 10.6 Å². The van der Waals surface area contributed by atoms with E-state index in [0.29, 0.717) is 17.7 Å². The highest BCUT2D eigenvalue weighted by atomic mass is 15.2. The lowest BCUT2D eigenvalue weighted by Gasteiger charge is -2.07. The number of aromatic nitrogens is 6. The summed E-state index contributed by atoms with van der Waals surface area (Å²) in [7, 11) is 0. The van der Waals surface area contributed by atoms with Gasteiger partial charge in [0, 0.05) is 34.9 Å². The number of H-pyrrole nitrogens is 2. The maximum absolute atomic E-state index is 4.49. The summed E-state index contributed by atoms with van der Waals surface area (Å²) in [6.45, 7) is 0. The van der Waals surface area contributed by atoms with Gasteiger partial charge in [-0.3, -0.25) is 10.2 Å². The van der Waals surface area contributed by atoms with E-state index in [1.165, 1.54) is 18.5 Å². The first-order valence-corrected chi connectivity index (χ1v) is 8.19. The maximum Gasteiger partial charge on any atom is 0.229 e. The molecule has 0 aliphatic heterocycles. The van der Waals surface area contributed by atoms with Crippen molar-refractivity contribution in [2.24, 2.45) is 0 Å². The molecule has 5 rings (SSSR count). The number of anilines is 4. The standard InChI is InChI=1S/C17H16N8/c1-2-10(1)14-8-16(25-24-14)21-15-5-6-18-17(22-15)20-12-3-4-13-11(7-12)9-19-23-13/h3-10H,1-2H2,(H,19,23)(H3,18,20,21,22,24,25). The van der Waals surface area contributed by atoms with Gasteiger partial charge in [0.05, 0.1) is 11.7 Å². The van der Waals surface area contributed by atoms with E-state index in [-0.39, 0.29) is 0 Å². The van der Waals surface area contributed by atoms with Crippen LogP contribution in [-0.2, 0) is 0 Å². The number of benzene rings is 1. The summed E-state index contributed by atoms with van der Waals surface area (Å²) >= 11 is 0. The van der Waals surface area contributed by atoms with Crippen molar-refractivity contribution in [2.75, 3.05) is 10.6 Å². The zero-order chi connectivity index (χ0) is 16.6. The van der Waals surface area contributed by atoms with Crippen molar-refractivity contribution in [3.05, 3.63) is 48.4 Å². The van der Waals surface area contributed by atoms with Crippen LogP contribution in [0.25, 0.3) is 10.9 Å². The number of hydrogen-bond donors (Lipinski definition) is 4. The van der Waals surface area contributed by atoms with Crippen molar-refractivity contribution < 1.29 is 0 Å².